The van der Waals surface area contributed by atoms with Crippen LogP contribution in [0.3, 0.4) is 0 Å². The minimum atomic E-state index is -0.0912. The van der Waals surface area contributed by atoms with Gasteiger partial charge in [0.1, 0.15) is 0 Å². The Kier molecular flexibility index (Phi) is 8.89. The molecule has 29 heavy (non-hydrogen) atoms. The second-order valence-corrected chi connectivity index (χ2v) is 6.72. The molecule has 0 unspecified atom stereocenters. The van der Waals surface area contributed by atoms with Gasteiger partial charge in [0.15, 0.2) is 17.5 Å². The molecule has 0 radical (unpaired) electrons. The van der Waals surface area contributed by atoms with Crippen molar-refractivity contribution in [2.45, 2.75) is 33.2 Å². The Balaban J connectivity index is 2.11. The van der Waals surface area contributed by atoms with Gasteiger partial charge in [0.2, 0.25) is 5.75 Å². The van der Waals surface area contributed by atoms with Gasteiger partial charge in [0, 0.05) is 19.6 Å². The summed E-state index contributed by atoms with van der Waals surface area (Å²) in [7, 11) is 4.78. The van der Waals surface area contributed by atoms with Crippen LogP contribution in [-0.4, -0.2) is 64.4 Å². The second-order valence-electron chi connectivity index (χ2n) is 6.72. The molecule has 1 fully saturated rings. The van der Waals surface area contributed by atoms with Gasteiger partial charge in [-0.05, 0) is 44.4 Å². The highest BCUT2D eigenvalue weighted by molar-refractivity contribution is 5.80. The van der Waals surface area contributed by atoms with Gasteiger partial charge >= 0.3 is 5.97 Å². The zero-order valence-corrected chi connectivity index (χ0v) is 18.1. The van der Waals surface area contributed by atoms with Crippen molar-refractivity contribution in [1.29, 1.82) is 0 Å². The number of rotatable bonds is 8. The lowest BCUT2D eigenvalue weighted by Crippen LogP contribution is -2.46. The van der Waals surface area contributed by atoms with Gasteiger partial charge in [-0.1, -0.05) is 0 Å². The van der Waals surface area contributed by atoms with Gasteiger partial charge in [-0.2, -0.15) is 0 Å². The highest BCUT2D eigenvalue weighted by Gasteiger charge is 2.27. The van der Waals surface area contributed by atoms with Crippen LogP contribution in [0.15, 0.2) is 17.1 Å². The summed E-state index contributed by atoms with van der Waals surface area (Å²) < 4.78 is 21.4. The minimum Gasteiger partial charge on any atom is -0.493 e. The van der Waals surface area contributed by atoms with Gasteiger partial charge in [0.25, 0.3) is 0 Å². The Bertz CT molecular complexity index is 675. The zero-order chi connectivity index (χ0) is 21.2. The van der Waals surface area contributed by atoms with Crippen molar-refractivity contribution in [3.8, 4) is 17.2 Å². The summed E-state index contributed by atoms with van der Waals surface area (Å²) in [5, 5.41) is 3.34. The number of hydrogen-bond donors (Lipinski definition) is 1. The maximum Gasteiger partial charge on any atom is 0.309 e. The van der Waals surface area contributed by atoms with Gasteiger partial charge < -0.3 is 29.2 Å². The molecule has 0 aromatic heterocycles. The van der Waals surface area contributed by atoms with E-state index in [1.165, 1.54) is 0 Å². The number of piperidine rings is 1. The molecule has 0 saturated carbocycles. The number of aliphatic imine (C=N–C) groups is 1. The van der Waals surface area contributed by atoms with Crippen LogP contribution in [0.1, 0.15) is 32.3 Å². The van der Waals surface area contributed by atoms with E-state index in [9.17, 15) is 4.79 Å². The summed E-state index contributed by atoms with van der Waals surface area (Å²) in [5.74, 6) is 2.50. The molecule has 1 saturated heterocycles. The van der Waals surface area contributed by atoms with E-state index in [0.29, 0.717) is 30.4 Å². The Morgan fingerprint density at radius 2 is 1.72 bits per heavy atom. The molecule has 0 atom stereocenters. The van der Waals surface area contributed by atoms with E-state index >= 15 is 0 Å². The van der Waals surface area contributed by atoms with Crippen LogP contribution >= 0.6 is 0 Å². The molecule has 0 aliphatic carbocycles. The maximum absolute atomic E-state index is 12.0. The number of nitrogens with zero attached hydrogens (tertiary/aromatic N) is 2. The summed E-state index contributed by atoms with van der Waals surface area (Å²) in [4.78, 5) is 18.9. The fourth-order valence-corrected chi connectivity index (χ4v) is 3.41. The van der Waals surface area contributed by atoms with E-state index in [1.54, 1.807) is 21.3 Å². The number of carbonyl (C=O) groups excluding carboxylic acids is 1. The number of ether oxygens (including phenoxy) is 4. The first kappa shape index (κ1) is 22.6. The fraction of sp³-hybridized carbons (Fsp3) is 0.619. The van der Waals surface area contributed by atoms with E-state index < -0.39 is 0 Å². The van der Waals surface area contributed by atoms with Crippen LogP contribution in [0, 0.1) is 5.92 Å². The number of hydrogen-bond acceptors (Lipinski definition) is 6. The summed E-state index contributed by atoms with van der Waals surface area (Å²) in [6.07, 6.45) is 1.54. The quantitative estimate of drug-likeness (QED) is 0.403. The lowest BCUT2D eigenvalue weighted by Gasteiger charge is -2.33. The second kappa shape index (κ2) is 11.4. The molecule has 8 heteroatoms. The van der Waals surface area contributed by atoms with E-state index in [4.69, 9.17) is 23.9 Å². The van der Waals surface area contributed by atoms with Crippen molar-refractivity contribution >= 4 is 11.9 Å². The zero-order valence-electron chi connectivity index (χ0n) is 18.1. The Morgan fingerprint density at radius 1 is 1.10 bits per heavy atom. The minimum absolute atomic E-state index is 0.0239. The van der Waals surface area contributed by atoms with Crippen molar-refractivity contribution < 1.29 is 23.7 Å². The molecule has 162 valence electrons. The van der Waals surface area contributed by atoms with Crippen molar-refractivity contribution in [2.24, 2.45) is 10.9 Å². The lowest BCUT2D eigenvalue weighted by molar-refractivity contribution is -0.149. The third-order valence-electron chi connectivity index (χ3n) is 4.89. The molecular formula is C21H33N3O5. The summed E-state index contributed by atoms with van der Waals surface area (Å²) in [5.41, 5.74) is 0.955. The number of guanidine groups is 1. The topological polar surface area (TPSA) is 81.6 Å². The highest BCUT2D eigenvalue weighted by Crippen LogP contribution is 2.38. The van der Waals surface area contributed by atoms with E-state index in [0.717, 1.165) is 44.0 Å². The largest absolute Gasteiger partial charge is 0.493 e. The summed E-state index contributed by atoms with van der Waals surface area (Å²) in [6.45, 7) is 7.09. The molecule has 1 heterocycles. The molecular weight excluding hydrogens is 374 g/mol. The fourth-order valence-electron chi connectivity index (χ4n) is 3.41. The Hall–Kier alpha value is -2.64. The average molecular weight is 408 g/mol. The molecule has 0 amide bonds. The Labute approximate surface area is 173 Å². The molecule has 2 rings (SSSR count). The first-order chi connectivity index (χ1) is 14.1. The van der Waals surface area contributed by atoms with Crippen molar-refractivity contribution in [2.75, 3.05) is 47.6 Å². The molecule has 1 aromatic carbocycles. The van der Waals surface area contributed by atoms with Crippen LogP contribution < -0.4 is 19.5 Å². The predicted octanol–water partition coefficient (Wildman–Crippen LogP) is 2.45. The number of nitrogens with one attached hydrogen (secondary N) is 1. The molecule has 0 spiro atoms. The van der Waals surface area contributed by atoms with Gasteiger partial charge in [-0.25, -0.2) is 4.99 Å². The number of likely N-dealkylation sites (tertiary alicyclic amines) is 1. The molecule has 8 nitrogen and oxygen atoms in total. The van der Waals surface area contributed by atoms with Crippen LogP contribution in [0.5, 0.6) is 17.2 Å². The first-order valence-corrected chi connectivity index (χ1v) is 10.1. The molecule has 0 bridgehead atoms. The smallest absolute Gasteiger partial charge is 0.309 e. The highest BCUT2D eigenvalue weighted by atomic mass is 16.5. The first-order valence-electron chi connectivity index (χ1n) is 10.1. The monoisotopic (exact) mass is 407 g/mol. The Morgan fingerprint density at radius 3 is 2.21 bits per heavy atom. The lowest BCUT2D eigenvalue weighted by atomic mass is 9.97. The summed E-state index contributed by atoms with van der Waals surface area (Å²) >= 11 is 0. The van der Waals surface area contributed by atoms with Crippen LogP contribution in [0.4, 0.5) is 0 Å². The summed E-state index contributed by atoms with van der Waals surface area (Å²) in [6, 6.07) is 3.81. The molecule has 1 N–H and O–H groups in total. The number of carbonyl (C=O) groups is 1. The molecule has 1 aliphatic heterocycles. The predicted molar refractivity (Wildman–Crippen MR) is 112 cm³/mol. The van der Waals surface area contributed by atoms with E-state index in [-0.39, 0.29) is 11.9 Å². The normalized spacial score (nSPS) is 15.1. The third-order valence-corrected chi connectivity index (χ3v) is 4.89. The van der Waals surface area contributed by atoms with Crippen molar-refractivity contribution in [3.63, 3.8) is 0 Å². The van der Waals surface area contributed by atoms with E-state index in [2.05, 4.69) is 10.2 Å². The van der Waals surface area contributed by atoms with Gasteiger partial charge in [-0.3, -0.25) is 4.79 Å². The van der Waals surface area contributed by atoms with Crippen molar-refractivity contribution in [1.82, 2.24) is 10.2 Å². The van der Waals surface area contributed by atoms with E-state index in [1.807, 2.05) is 26.0 Å². The standard InChI is InChI=1S/C21H33N3O5/c1-6-22-21(24-10-8-16(9-11-24)20(25)29-7-2)23-14-15-12-17(26-3)19(28-5)18(13-15)27-4/h12-13,16H,6-11,14H2,1-5H3,(H,22,23). The number of benzene rings is 1. The van der Waals surface area contributed by atoms with Crippen LogP contribution in [-0.2, 0) is 16.1 Å². The van der Waals surface area contributed by atoms with Crippen LogP contribution in [0.25, 0.3) is 0 Å². The van der Waals surface area contributed by atoms with Gasteiger partial charge in [-0.15, -0.1) is 0 Å². The molecule has 1 aliphatic rings. The number of esters is 1. The maximum atomic E-state index is 12.0. The third kappa shape index (κ3) is 5.92. The van der Waals surface area contributed by atoms with Gasteiger partial charge in [0.05, 0.1) is 40.4 Å². The van der Waals surface area contributed by atoms with Crippen molar-refractivity contribution in [3.05, 3.63) is 17.7 Å². The number of methoxy groups -OCH3 is 3. The SMILES string of the molecule is CCNC(=NCc1cc(OC)c(OC)c(OC)c1)N1CCC(C(=O)OCC)CC1. The molecule has 1 aromatic rings. The van der Waals surface area contributed by atoms with Crippen LogP contribution in [0.2, 0.25) is 0 Å². The average Bonchev–Trinajstić information content (AvgIpc) is 2.76.